The summed E-state index contributed by atoms with van der Waals surface area (Å²) in [5.74, 6) is 0.879. The predicted molar refractivity (Wildman–Crippen MR) is 78.8 cm³/mol. The van der Waals surface area contributed by atoms with Gasteiger partial charge >= 0.3 is 0 Å². The molecule has 0 aliphatic heterocycles. The van der Waals surface area contributed by atoms with Gasteiger partial charge in [-0.25, -0.2) is 0 Å². The van der Waals surface area contributed by atoms with Crippen LogP contribution < -0.4 is 4.74 Å². The molecular weight excluding hydrogens is 258 g/mol. The van der Waals surface area contributed by atoms with Gasteiger partial charge < -0.3 is 9.72 Å². The Bertz CT molecular complexity index is 718. The van der Waals surface area contributed by atoms with E-state index >= 15 is 0 Å². The molecule has 0 aliphatic rings. The summed E-state index contributed by atoms with van der Waals surface area (Å²) in [6.45, 7) is 2.56. The molecule has 1 heterocycles. The van der Waals surface area contributed by atoms with Crippen molar-refractivity contribution in [3.8, 4) is 5.75 Å². The fraction of sp³-hybridized carbons (Fsp3) is 0.125. The van der Waals surface area contributed by atoms with Crippen molar-refractivity contribution in [1.82, 2.24) is 4.98 Å². The molecule has 0 unspecified atom stereocenters. The SMILES string of the molecule is Cc1cccc(OCc2cc3c(Cl)cccc3[nH]2)c1. The Morgan fingerprint density at radius 3 is 2.74 bits per heavy atom. The molecule has 0 radical (unpaired) electrons. The van der Waals surface area contributed by atoms with Crippen molar-refractivity contribution in [2.75, 3.05) is 0 Å². The van der Waals surface area contributed by atoms with Crippen LogP contribution in [0, 0.1) is 6.92 Å². The predicted octanol–water partition coefficient (Wildman–Crippen LogP) is 4.71. The minimum atomic E-state index is 0.508. The number of fused-ring (bicyclic) bond motifs is 1. The second kappa shape index (κ2) is 4.98. The molecule has 1 N–H and O–H groups in total. The number of aromatic nitrogens is 1. The average molecular weight is 272 g/mol. The summed E-state index contributed by atoms with van der Waals surface area (Å²) >= 11 is 6.15. The standard InChI is InChI=1S/C16H14ClNO/c1-11-4-2-5-13(8-11)19-10-12-9-14-15(17)6-3-7-16(14)18-12/h2-9,18H,10H2,1H3. The van der Waals surface area contributed by atoms with E-state index in [1.807, 2.05) is 42.5 Å². The highest BCUT2D eigenvalue weighted by molar-refractivity contribution is 6.35. The third-order valence-corrected chi connectivity index (χ3v) is 3.38. The van der Waals surface area contributed by atoms with Crippen molar-refractivity contribution in [2.24, 2.45) is 0 Å². The molecule has 0 bridgehead atoms. The second-order valence-corrected chi connectivity index (χ2v) is 5.01. The molecule has 0 aliphatic carbocycles. The van der Waals surface area contributed by atoms with Crippen LogP contribution in [0.15, 0.2) is 48.5 Å². The maximum atomic E-state index is 6.15. The molecule has 3 rings (SSSR count). The van der Waals surface area contributed by atoms with E-state index in [4.69, 9.17) is 16.3 Å². The van der Waals surface area contributed by atoms with Gasteiger partial charge in [-0.1, -0.05) is 29.8 Å². The summed E-state index contributed by atoms with van der Waals surface area (Å²) in [5.41, 5.74) is 3.25. The van der Waals surface area contributed by atoms with Crippen molar-refractivity contribution in [1.29, 1.82) is 0 Å². The second-order valence-electron chi connectivity index (χ2n) is 4.60. The van der Waals surface area contributed by atoms with Crippen LogP contribution >= 0.6 is 11.6 Å². The van der Waals surface area contributed by atoms with Crippen molar-refractivity contribution in [3.05, 3.63) is 64.8 Å². The van der Waals surface area contributed by atoms with Crippen LogP contribution in [-0.4, -0.2) is 4.98 Å². The molecular formula is C16H14ClNO. The van der Waals surface area contributed by atoms with Crippen LogP contribution in [0.2, 0.25) is 5.02 Å². The Kier molecular flexibility index (Phi) is 3.18. The molecule has 0 spiro atoms. The molecule has 2 nitrogen and oxygen atoms in total. The molecule has 1 aromatic heterocycles. The first kappa shape index (κ1) is 12.1. The van der Waals surface area contributed by atoms with Crippen LogP contribution in [0.1, 0.15) is 11.3 Å². The van der Waals surface area contributed by atoms with E-state index < -0.39 is 0 Å². The fourth-order valence-corrected chi connectivity index (χ4v) is 2.35. The van der Waals surface area contributed by atoms with Crippen molar-refractivity contribution < 1.29 is 4.74 Å². The summed E-state index contributed by atoms with van der Waals surface area (Å²) in [6, 6.07) is 15.9. The van der Waals surface area contributed by atoms with Gasteiger partial charge in [-0.2, -0.15) is 0 Å². The number of aryl methyl sites for hydroxylation is 1. The van der Waals surface area contributed by atoms with E-state index in [2.05, 4.69) is 18.0 Å². The molecule has 0 amide bonds. The molecule has 0 fully saturated rings. The van der Waals surface area contributed by atoms with E-state index in [1.165, 1.54) is 5.56 Å². The lowest BCUT2D eigenvalue weighted by molar-refractivity contribution is 0.302. The van der Waals surface area contributed by atoms with E-state index in [9.17, 15) is 0 Å². The van der Waals surface area contributed by atoms with Gasteiger partial charge in [0.15, 0.2) is 0 Å². The maximum Gasteiger partial charge on any atom is 0.128 e. The number of ether oxygens (including phenoxy) is 1. The molecule has 0 saturated heterocycles. The Balaban J connectivity index is 1.80. The number of rotatable bonds is 3. The highest BCUT2D eigenvalue weighted by Gasteiger charge is 2.04. The van der Waals surface area contributed by atoms with E-state index in [0.717, 1.165) is 27.4 Å². The highest BCUT2D eigenvalue weighted by atomic mass is 35.5. The molecule has 0 saturated carbocycles. The molecule has 3 heteroatoms. The number of halogens is 1. The van der Waals surface area contributed by atoms with E-state index in [0.29, 0.717) is 6.61 Å². The van der Waals surface area contributed by atoms with Crippen LogP contribution in [-0.2, 0) is 6.61 Å². The largest absolute Gasteiger partial charge is 0.487 e. The number of H-pyrrole nitrogens is 1. The lowest BCUT2D eigenvalue weighted by Gasteiger charge is -2.05. The average Bonchev–Trinajstić information content (AvgIpc) is 2.81. The van der Waals surface area contributed by atoms with Crippen LogP contribution in [0.3, 0.4) is 0 Å². The summed E-state index contributed by atoms with van der Waals surface area (Å²) in [6.07, 6.45) is 0. The third kappa shape index (κ3) is 2.59. The zero-order chi connectivity index (χ0) is 13.2. The number of benzene rings is 2. The zero-order valence-electron chi connectivity index (χ0n) is 10.6. The van der Waals surface area contributed by atoms with E-state index in [1.54, 1.807) is 0 Å². The topological polar surface area (TPSA) is 25.0 Å². The first-order valence-corrected chi connectivity index (χ1v) is 6.56. The number of hydrogen-bond donors (Lipinski definition) is 1. The van der Waals surface area contributed by atoms with Gasteiger partial charge in [0, 0.05) is 15.9 Å². The third-order valence-electron chi connectivity index (χ3n) is 3.05. The first-order valence-electron chi connectivity index (χ1n) is 6.18. The van der Waals surface area contributed by atoms with Crippen LogP contribution in [0.4, 0.5) is 0 Å². The highest BCUT2D eigenvalue weighted by Crippen LogP contribution is 2.24. The molecule has 0 atom stereocenters. The molecule has 19 heavy (non-hydrogen) atoms. The Morgan fingerprint density at radius 2 is 1.95 bits per heavy atom. The van der Waals surface area contributed by atoms with Gasteiger partial charge in [0.05, 0.1) is 5.69 Å². The molecule has 3 aromatic rings. The number of nitrogens with one attached hydrogen (secondary N) is 1. The van der Waals surface area contributed by atoms with Gasteiger partial charge in [0.2, 0.25) is 0 Å². The lowest BCUT2D eigenvalue weighted by Crippen LogP contribution is -1.95. The maximum absolute atomic E-state index is 6.15. The number of hydrogen-bond acceptors (Lipinski definition) is 1. The normalized spacial score (nSPS) is 10.8. The summed E-state index contributed by atoms with van der Waals surface area (Å²) in [7, 11) is 0. The van der Waals surface area contributed by atoms with E-state index in [-0.39, 0.29) is 0 Å². The summed E-state index contributed by atoms with van der Waals surface area (Å²) < 4.78 is 5.77. The van der Waals surface area contributed by atoms with Gasteiger partial charge in [-0.15, -0.1) is 0 Å². The van der Waals surface area contributed by atoms with Crippen LogP contribution in [0.25, 0.3) is 10.9 Å². The van der Waals surface area contributed by atoms with Gasteiger partial charge in [0.25, 0.3) is 0 Å². The van der Waals surface area contributed by atoms with Gasteiger partial charge in [-0.05, 0) is 42.8 Å². The van der Waals surface area contributed by atoms with Gasteiger partial charge in [0.1, 0.15) is 12.4 Å². The fourth-order valence-electron chi connectivity index (χ4n) is 2.12. The Labute approximate surface area is 117 Å². The Hall–Kier alpha value is -1.93. The monoisotopic (exact) mass is 271 g/mol. The van der Waals surface area contributed by atoms with Crippen LogP contribution in [0.5, 0.6) is 5.75 Å². The Morgan fingerprint density at radius 1 is 1.11 bits per heavy atom. The van der Waals surface area contributed by atoms with Crippen molar-refractivity contribution >= 4 is 22.5 Å². The summed E-state index contributed by atoms with van der Waals surface area (Å²) in [5, 5.41) is 1.79. The number of aromatic amines is 1. The minimum absolute atomic E-state index is 0.508. The molecule has 2 aromatic carbocycles. The smallest absolute Gasteiger partial charge is 0.128 e. The minimum Gasteiger partial charge on any atom is -0.487 e. The lowest BCUT2D eigenvalue weighted by atomic mass is 10.2. The molecule has 96 valence electrons. The summed E-state index contributed by atoms with van der Waals surface area (Å²) in [4.78, 5) is 3.31. The first-order chi connectivity index (χ1) is 9.22. The van der Waals surface area contributed by atoms with Crippen molar-refractivity contribution in [2.45, 2.75) is 13.5 Å². The van der Waals surface area contributed by atoms with Crippen molar-refractivity contribution in [3.63, 3.8) is 0 Å². The quantitative estimate of drug-likeness (QED) is 0.733. The zero-order valence-corrected chi connectivity index (χ0v) is 11.4. The van der Waals surface area contributed by atoms with Gasteiger partial charge in [-0.3, -0.25) is 0 Å².